The van der Waals surface area contributed by atoms with Crippen LogP contribution in [0.25, 0.3) is 0 Å². The zero-order valence-corrected chi connectivity index (χ0v) is 18.8. The van der Waals surface area contributed by atoms with Crippen LogP contribution in [0.15, 0.2) is 41.5 Å². The molecule has 0 aliphatic carbocycles. The van der Waals surface area contributed by atoms with Gasteiger partial charge in [0, 0.05) is 46.3 Å². The van der Waals surface area contributed by atoms with E-state index in [-0.39, 0.29) is 29.9 Å². The quantitative estimate of drug-likeness (QED) is 0.278. The van der Waals surface area contributed by atoms with E-state index in [0.717, 1.165) is 37.6 Å². The molecule has 0 bridgehead atoms. The fourth-order valence-electron chi connectivity index (χ4n) is 3.28. The number of hydrogen-bond donors (Lipinski definition) is 2. The second-order valence-electron chi connectivity index (χ2n) is 6.74. The minimum absolute atomic E-state index is 0. The number of halogens is 1. The molecule has 0 saturated heterocycles. The summed E-state index contributed by atoms with van der Waals surface area (Å²) in [4.78, 5) is 18.7. The molecule has 3 rings (SSSR count). The first-order chi connectivity index (χ1) is 13.2. The Bertz CT molecular complexity index is 803. The van der Waals surface area contributed by atoms with E-state index in [1.807, 2.05) is 28.8 Å². The summed E-state index contributed by atoms with van der Waals surface area (Å²) in [6.45, 7) is 2.91. The summed E-state index contributed by atoms with van der Waals surface area (Å²) in [5.74, 6) is 0.958. The van der Waals surface area contributed by atoms with Gasteiger partial charge in [0.15, 0.2) is 5.96 Å². The van der Waals surface area contributed by atoms with Crippen LogP contribution >= 0.6 is 24.0 Å². The van der Waals surface area contributed by atoms with Crippen LogP contribution in [-0.4, -0.2) is 46.7 Å². The maximum absolute atomic E-state index is 12.5. The molecule has 0 unspecified atom stereocenters. The van der Waals surface area contributed by atoms with E-state index in [1.54, 1.807) is 13.2 Å². The summed E-state index contributed by atoms with van der Waals surface area (Å²) >= 11 is 0. The lowest BCUT2D eigenvalue weighted by atomic mass is 9.99. The van der Waals surface area contributed by atoms with Crippen LogP contribution in [0.5, 0.6) is 0 Å². The number of amides is 1. The number of guanidine groups is 1. The van der Waals surface area contributed by atoms with Gasteiger partial charge in [-0.1, -0.05) is 24.3 Å². The molecule has 0 atom stereocenters. The summed E-state index contributed by atoms with van der Waals surface area (Å²) in [5, 5.41) is 10.7. The lowest BCUT2D eigenvalue weighted by Gasteiger charge is -2.29. The molecule has 1 aromatic heterocycles. The van der Waals surface area contributed by atoms with Gasteiger partial charge in [-0.25, -0.2) is 0 Å². The maximum atomic E-state index is 12.5. The minimum Gasteiger partial charge on any atom is -0.356 e. The molecule has 1 aliphatic heterocycles. The number of carbonyl (C=O) groups is 1. The fourth-order valence-corrected chi connectivity index (χ4v) is 3.28. The van der Waals surface area contributed by atoms with Crippen molar-refractivity contribution in [1.29, 1.82) is 0 Å². The number of aliphatic imine (C=N–C) groups is 1. The molecule has 1 amide bonds. The van der Waals surface area contributed by atoms with Gasteiger partial charge in [0.1, 0.15) is 0 Å². The van der Waals surface area contributed by atoms with Crippen molar-refractivity contribution in [3.63, 3.8) is 0 Å². The molecular formula is C20H29IN6O. The van der Waals surface area contributed by atoms with Crippen LogP contribution in [0, 0.1) is 0 Å². The van der Waals surface area contributed by atoms with Crippen molar-refractivity contribution in [3.05, 3.63) is 53.3 Å². The number of carbonyl (C=O) groups excluding carboxylic acids is 1. The number of aromatic nitrogens is 2. The first kappa shape index (κ1) is 22.2. The Balaban J connectivity index is 0.00000280. The summed E-state index contributed by atoms with van der Waals surface area (Å²) in [7, 11) is 3.66. The monoisotopic (exact) mass is 496 g/mol. The molecule has 2 aromatic rings. The van der Waals surface area contributed by atoms with Gasteiger partial charge in [-0.2, -0.15) is 5.10 Å². The Morgan fingerprint density at radius 3 is 2.71 bits per heavy atom. The van der Waals surface area contributed by atoms with Gasteiger partial charge in [0.25, 0.3) is 0 Å². The van der Waals surface area contributed by atoms with Gasteiger partial charge in [-0.15, -0.1) is 24.0 Å². The van der Waals surface area contributed by atoms with Gasteiger partial charge in [0.2, 0.25) is 5.91 Å². The standard InChI is InChI=1S/C20H28N6O.HI/c1-21-20(23-14-18-9-12-24-25(18)2)22-11-5-8-19(27)26-13-10-16-6-3-4-7-17(16)15-26;/h3-4,6-7,9,12H,5,8,10-11,13-15H2,1-2H3,(H2,21,22,23);1H. The molecular weight excluding hydrogens is 467 g/mol. The first-order valence-corrected chi connectivity index (χ1v) is 9.43. The molecule has 0 fully saturated rings. The minimum atomic E-state index is 0. The van der Waals surface area contributed by atoms with Crippen molar-refractivity contribution in [2.24, 2.45) is 12.0 Å². The second-order valence-corrected chi connectivity index (χ2v) is 6.74. The summed E-state index contributed by atoms with van der Waals surface area (Å²) in [6.07, 6.45) is 4.06. The molecule has 2 N–H and O–H groups in total. The predicted molar refractivity (Wildman–Crippen MR) is 122 cm³/mol. The Kier molecular flexibility index (Phi) is 8.75. The van der Waals surface area contributed by atoms with Crippen LogP contribution in [-0.2, 0) is 31.4 Å². The smallest absolute Gasteiger partial charge is 0.222 e. The van der Waals surface area contributed by atoms with Crippen LogP contribution < -0.4 is 10.6 Å². The van der Waals surface area contributed by atoms with Crippen molar-refractivity contribution in [3.8, 4) is 0 Å². The number of fused-ring (bicyclic) bond motifs is 1. The Morgan fingerprint density at radius 1 is 1.21 bits per heavy atom. The maximum Gasteiger partial charge on any atom is 0.222 e. The van der Waals surface area contributed by atoms with E-state index in [2.05, 4.69) is 38.9 Å². The summed E-state index contributed by atoms with van der Waals surface area (Å²) in [6, 6.07) is 10.4. The molecule has 7 nitrogen and oxygen atoms in total. The van der Waals surface area contributed by atoms with E-state index in [4.69, 9.17) is 0 Å². The third kappa shape index (κ3) is 5.95. The van der Waals surface area contributed by atoms with Crippen molar-refractivity contribution in [2.75, 3.05) is 20.1 Å². The molecule has 1 aliphatic rings. The van der Waals surface area contributed by atoms with Crippen LogP contribution in [0.1, 0.15) is 29.7 Å². The van der Waals surface area contributed by atoms with Crippen LogP contribution in [0.2, 0.25) is 0 Å². The topological polar surface area (TPSA) is 74.6 Å². The largest absolute Gasteiger partial charge is 0.356 e. The number of nitrogens with zero attached hydrogens (tertiary/aromatic N) is 4. The third-order valence-electron chi connectivity index (χ3n) is 4.93. The van der Waals surface area contributed by atoms with E-state index in [1.165, 1.54) is 11.1 Å². The highest BCUT2D eigenvalue weighted by Crippen LogP contribution is 2.19. The number of aryl methyl sites for hydroxylation is 1. The van der Waals surface area contributed by atoms with Crippen molar-refractivity contribution in [2.45, 2.75) is 32.4 Å². The number of rotatable bonds is 6. The van der Waals surface area contributed by atoms with Gasteiger partial charge in [-0.05, 0) is 30.0 Å². The lowest BCUT2D eigenvalue weighted by molar-refractivity contribution is -0.132. The van der Waals surface area contributed by atoms with E-state index in [9.17, 15) is 4.79 Å². The summed E-state index contributed by atoms with van der Waals surface area (Å²) < 4.78 is 1.83. The number of benzene rings is 1. The molecule has 28 heavy (non-hydrogen) atoms. The molecule has 0 radical (unpaired) electrons. The van der Waals surface area contributed by atoms with Crippen molar-refractivity contribution < 1.29 is 4.79 Å². The molecule has 152 valence electrons. The van der Waals surface area contributed by atoms with Crippen LogP contribution in [0.4, 0.5) is 0 Å². The normalized spacial score (nSPS) is 13.5. The highest BCUT2D eigenvalue weighted by Gasteiger charge is 2.19. The van der Waals surface area contributed by atoms with Crippen molar-refractivity contribution >= 4 is 35.8 Å². The molecule has 0 spiro atoms. The lowest BCUT2D eigenvalue weighted by Crippen LogP contribution is -2.39. The third-order valence-corrected chi connectivity index (χ3v) is 4.93. The zero-order valence-electron chi connectivity index (χ0n) is 16.5. The molecule has 1 aromatic carbocycles. The molecule has 8 heteroatoms. The van der Waals surface area contributed by atoms with E-state index < -0.39 is 0 Å². The number of nitrogens with one attached hydrogen (secondary N) is 2. The van der Waals surface area contributed by atoms with Crippen LogP contribution in [0.3, 0.4) is 0 Å². The van der Waals surface area contributed by atoms with Gasteiger partial charge in [0.05, 0.1) is 12.2 Å². The average Bonchev–Trinajstić information content (AvgIpc) is 3.11. The average molecular weight is 496 g/mol. The Morgan fingerprint density at radius 2 is 2.00 bits per heavy atom. The SMILES string of the molecule is CN=C(NCCCC(=O)N1CCc2ccccc2C1)NCc1ccnn1C.I. The Hall–Kier alpha value is -2.10. The van der Waals surface area contributed by atoms with Gasteiger partial charge < -0.3 is 15.5 Å². The van der Waals surface area contributed by atoms with E-state index >= 15 is 0 Å². The summed E-state index contributed by atoms with van der Waals surface area (Å²) in [5.41, 5.74) is 3.72. The second kappa shape index (κ2) is 11.0. The zero-order chi connectivity index (χ0) is 19.1. The first-order valence-electron chi connectivity index (χ1n) is 9.43. The predicted octanol–water partition coefficient (Wildman–Crippen LogP) is 2.07. The highest BCUT2D eigenvalue weighted by atomic mass is 127. The fraction of sp³-hybridized carbons (Fsp3) is 0.450. The van der Waals surface area contributed by atoms with Gasteiger partial charge >= 0.3 is 0 Å². The van der Waals surface area contributed by atoms with Gasteiger partial charge in [-0.3, -0.25) is 14.5 Å². The Labute approximate surface area is 183 Å². The van der Waals surface area contributed by atoms with Crippen molar-refractivity contribution in [1.82, 2.24) is 25.3 Å². The highest BCUT2D eigenvalue weighted by molar-refractivity contribution is 14.0. The molecule has 2 heterocycles. The number of hydrogen-bond acceptors (Lipinski definition) is 3. The molecule has 0 saturated carbocycles. The van der Waals surface area contributed by atoms with E-state index in [0.29, 0.717) is 19.5 Å².